The molecule has 1 aromatic heterocycles. The smallest absolute Gasteiger partial charge is 0.113 e. The summed E-state index contributed by atoms with van der Waals surface area (Å²) < 4.78 is 0. The fourth-order valence-corrected chi connectivity index (χ4v) is 4.46. The SMILES string of the molecule is CNC1(c2nc(C(C)C)cs2)CC(C)CCC1C. The molecule has 0 aliphatic heterocycles. The van der Waals surface area contributed by atoms with Gasteiger partial charge in [0.05, 0.1) is 11.2 Å². The molecule has 1 aliphatic rings. The number of hydrogen-bond acceptors (Lipinski definition) is 3. The summed E-state index contributed by atoms with van der Waals surface area (Å²) in [6.07, 6.45) is 3.88. The van der Waals surface area contributed by atoms with E-state index < -0.39 is 0 Å². The van der Waals surface area contributed by atoms with Crippen molar-refractivity contribution in [2.24, 2.45) is 11.8 Å². The van der Waals surface area contributed by atoms with Gasteiger partial charge in [0.2, 0.25) is 0 Å². The Morgan fingerprint density at radius 1 is 1.39 bits per heavy atom. The van der Waals surface area contributed by atoms with Gasteiger partial charge in [0, 0.05) is 5.38 Å². The molecule has 1 N–H and O–H groups in total. The predicted molar refractivity (Wildman–Crippen MR) is 79.1 cm³/mol. The van der Waals surface area contributed by atoms with Crippen molar-refractivity contribution in [3.63, 3.8) is 0 Å². The highest BCUT2D eigenvalue weighted by atomic mass is 32.1. The molecule has 102 valence electrons. The van der Waals surface area contributed by atoms with Gasteiger partial charge < -0.3 is 5.32 Å². The zero-order valence-corrected chi connectivity index (χ0v) is 13.1. The van der Waals surface area contributed by atoms with Crippen LogP contribution < -0.4 is 5.32 Å². The van der Waals surface area contributed by atoms with Crippen molar-refractivity contribution < 1.29 is 0 Å². The molecule has 0 amide bonds. The van der Waals surface area contributed by atoms with E-state index in [-0.39, 0.29) is 5.54 Å². The second-order valence-electron chi connectivity index (χ2n) is 6.24. The summed E-state index contributed by atoms with van der Waals surface area (Å²) in [6.45, 7) is 9.18. The molecule has 1 heterocycles. The Morgan fingerprint density at radius 3 is 2.67 bits per heavy atom. The van der Waals surface area contributed by atoms with Crippen LogP contribution in [-0.2, 0) is 5.54 Å². The Balaban J connectivity index is 2.35. The molecule has 2 rings (SSSR count). The summed E-state index contributed by atoms with van der Waals surface area (Å²) in [5, 5.41) is 7.15. The number of aromatic nitrogens is 1. The lowest BCUT2D eigenvalue weighted by Gasteiger charge is -2.43. The summed E-state index contributed by atoms with van der Waals surface area (Å²) in [4.78, 5) is 4.92. The van der Waals surface area contributed by atoms with Crippen LogP contribution in [0.3, 0.4) is 0 Å². The van der Waals surface area contributed by atoms with Crippen molar-refractivity contribution in [1.82, 2.24) is 10.3 Å². The lowest BCUT2D eigenvalue weighted by molar-refractivity contribution is 0.127. The second kappa shape index (κ2) is 5.30. The van der Waals surface area contributed by atoms with Gasteiger partial charge in [-0.15, -0.1) is 11.3 Å². The molecule has 0 spiro atoms. The van der Waals surface area contributed by atoms with Crippen LogP contribution in [0.2, 0.25) is 0 Å². The van der Waals surface area contributed by atoms with Crippen molar-refractivity contribution in [2.45, 2.75) is 58.4 Å². The van der Waals surface area contributed by atoms with Crippen molar-refractivity contribution in [3.8, 4) is 0 Å². The number of rotatable bonds is 3. The van der Waals surface area contributed by atoms with Crippen molar-refractivity contribution >= 4 is 11.3 Å². The quantitative estimate of drug-likeness (QED) is 0.889. The summed E-state index contributed by atoms with van der Waals surface area (Å²) in [6, 6.07) is 0. The van der Waals surface area contributed by atoms with Crippen LogP contribution in [-0.4, -0.2) is 12.0 Å². The summed E-state index contributed by atoms with van der Waals surface area (Å²) >= 11 is 1.84. The van der Waals surface area contributed by atoms with Gasteiger partial charge in [-0.2, -0.15) is 0 Å². The molecule has 1 saturated carbocycles. The van der Waals surface area contributed by atoms with Gasteiger partial charge in [-0.3, -0.25) is 0 Å². The molecular formula is C15H26N2S. The average Bonchev–Trinajstić information content (AvgIpc) is 2.82. The molecule has 0 aromatic carbocycles. The third-order valence-electron chi connectivity index (χ3n) is 4.55. The van der Waals surface area contributed by atoms with Crippen LogP contribution in [0.1, 0.15) is 63.6 Å². The minimum Gasteiger partial charge on any atom is -0.308 e. The summed E-state index contributed by atoms with van der Waals surface area (Å²) in [7, 11) is 2.10. The van der Waals surface area contributed by atoms with E-state index in [1.54, 1.807) is 0 Å². The molecule has 1 aromatic rings. The van der Waals surface area contributed by atoms with Crippen LogP contribution in [0.5, 0.6) is 0 Å². The van der Waals surface area contributed by atoms with E-state index in [0.717, 1.165) is 5.92 Å². The first-order valence-electron chi connectivity index (χ1n) is 7.14. The molecule has 0 bridgehead atoms. The highest BCUT2D eigenvalue weighted by molar-refractivity contribution is 7.09. The van der Waals surface area contributed by atoms with Gasteiger partial charge in [0.25, 0.3) is 0 Å². The van der Waals surface area contributed by atoms with Crippen LogP contribution in [0.15, 0.2) is 5.38 Å². The monoisotopic (exact) mass is 266 g/mol. The Hall–Kier alpha value is -0.410. The van der Waals surface area contributed by atoms with Crippen LogP contribution in [0.4, 0.5) is 0 Å². The van der Waals surface area contributed by atoms with Gasteiger partial charge in [-0.1, -0.05) is 34.1 Å². The minimum atomic E-state index is 0.107. The Bertz CT molecular complexity index is 399. The fraction of sp³-hybridized carbons (Fsp3) is 0.800. The van der Waals surface area contributed by atoms with E-state index in [9.17, 15) is 0 Å². The molecule has 1 fully saturated rings. The van der Waals surface area contributed by atoms with Crippen molar-refractivity contribution in [1.29, 1.82) is 0 Å². The van der Waals surface area contributed by atoms with E-state index in [1.807, 2.05) is 11.3 Å². The molecule has 3 unspecified atom stereocenters. The van der Waals surface area contributed by atoms with Crippen LogP contribution in [0.25, 0.3) is 0 Å². The maximum absolute atomic E-state index is 4.92. The third-order valence-corrected chi connectivity index (χ3v) is 5.58. The molecule has 2 nitrogen and oxygen atoms in total. The molecule has 1 aliphatic carbocycles. The highest BCUT2D eigenvalue weighted by Crippen LogP contribution is 2.44. The Labute approximate surface area is 115 Å². The van der Waals surface area contributed by atoms with Crippen LogP contribution >= 0.6 is 11.3 Å². The third kappa shape index (κ3) is 2.35. The van der Waals surface area contributed by atoms with E-state index in [1.165, 1.54) is 30.0 Å². The molecular weight excluding hydrogens is 240 g/mol. The maximum Gasteiger partial charge on any atom is 0.113 e. The predicted octanol–water partition coefficient (Wildman–Crippen LogP) is 4.14. The van der Waals surface area contributed by atoms with E-state index in [4.69, 9.17) is 4.98 Å². The number of thiazole rings is 1. The summed E-state index contributed by atoms with van der Waals surface area (Å²) in [5.74, 6) is 1.99. The largest absolute Gasteiger partial charge is 0.308 e. The minimum absolute atomic E-state index is 0.107. The summed E-state index contributed by atoms with van der Waals surface area (Å²) in [5.41, 5.74) is 1.35. The molecule has 0 radical (unpaired) electrons. The molecule has 18 heavy (non-hydrogen) atoms. The molecule has 3 atom stereocenters. The van der Waals surface area contributed by atoms with Gasteiger partial charge in [0.15, 0.2) is 0 Å². The standard InChI is InChI=1S/C15H26N2S/c1-10(2)13-9-18-14(17-13)15(16-5)8-11(3)6-7-12(15)4/h9-12,16H,6-8H2,1-5H3. The maximum atomic E-state index is 4.92. The number of hydrogen-bond donors (Lipinski definition) is 1. The van der Waals surface area contributed by atoms with E-state index >= 15 is 0 Å². The van der Waals surface area contributed by atoms with E-state index in [2.05, 4.69) is 45.4 Å². The molecule has 3 heteroatoms. The lowest BCUT2D eigenvalue weighted by atomic mass is 9.70. The van der Waals surface area contributed by atoms with Crippen molar-refractivity contribution in [2.75, 3.05) is 7.05 Å². The first kappa shape index (κ1) is 14.0. The Kier molecular flexibility index (Phi) is 4.12. The highest BCUT2D eigenvalue weighted by Gasteiger charge is 2.43. The zero-order chi connectivity index (χ0) is 13.3. The topological polar surface area (TPSA) is 24.9 Å². The first-order valence-corrected chi connectivity index (χ1v) is 8.02. The van der Waals surface area contributed by atoms with E-state index in [0.29, 0.717) is 11.8 Å². The number of nitrogens with zero attached hydrogens (tertiary/aromatic N) is 1. The first-order chi connectivity index (χ1) is 8.49. The second-order valence-corrected chi connectivity index (χ2v) is 7.10. The van der Waals surface area contributed by atoms with Gasteiger partial charge in [-0.05, 0) is 37.6 Å². The zero-order valence-electron chi connectivity index (χ0n) is 12.3. The fourth-order valence-electron chi connectivity index (χ4n) is 3.14. The Morgan fingerprint density at radius 2 is 2.11 bits per heavy atom. The molecule has 0 saturated heterocycles. The van der Waals surface area contributed by atoms with Crippen LogP contribution in [0, 0.1) is 11.8 Å². The van der Waals surface area contributed by atoms with Gasteiger partial charge in [-0.25, -0.2) is 4.98 Å². The van der Waals surface area contributed by atoms with Gasteiger partial charge in [0.1, 0.15) is 5.01 Å². The number of nitrogens with one attached hydrogen (secondary N) is 1. The normalized spacial score (nSPS) is 33.0. The van der Waals surface area contributed by atoms with Crippen molar-refractivity contribution in [3.05, 3.63) is 16.1 Å². The van der Waals surface area contributed by atoms with Gasteiger partial charge >= 0.3 is 0 Å². The average molecular weight is 266 g/mol. The lowest BCUT2D eigenvalue weighted by Crippen LogP contribution is -2.49.